The normalized spacial score (nSPS) is 13.3. The Hall–Kier alpha value is -2.36. The third-order valence-electron chi connectivity index (χ3n) is 3.82. The zero-order valence-electron chi connectivity index (χ0n) is 13.6. The number of aromatic nitrogens is 2. The quantitative estimate of drug-likeness (QED) is 0.641. The van der Waals surface area contributed by atoms with Gasteiger partial charge < -0.3 is 5.11 Å². The van der Waals surface area contributed by atoms with Crippen LogP contribution in [0.15, 0.2) is 30.5 Å². The second kappa shape index (κ2) is 6.42. The van der Waals surface area contributed by atoms with E-state index in [1.165, 1.54) is 10.8 Å². The van der Waals surface area contributed by atoms with Crippen molar-refractivity contribution in [3.63, 3.8) is 0 Å². The van der Waals surface area contributed by atoms with Crippen molar-refractivity contribution in [1.82, 2.24) is 9.55 Å². The van der Waals surface area contributed by atoms with Crippen molar-refractivity contribution in [2.24, 2.45) is 0 Å². The fraction of sp³-hybridized carbons (Fsp3) is 0.375. The highest BCUT2D eigenvalue weighted by Gasteiger charge is 2.71. The number of aliphatic hydroxyl groups is 1. The van der Waals surface area contributed by atoms with Crippen molar-refractivity contribution in [2.45, 2.75) is 37.7 Å². The summed E-state index contributed by atoms with van der Waals surface area (Å²) >= 11 is 0. The molecule has 0 spiro atoms. The summed E-state index contributed by atoms with van der Waals surface area (Å²) in [5.74, 6) is 0.243. The van der Waals surface area contributed by atoms with Gasteiger partial charge in [-0.25, -0.2) is 4.98 Å². The van der Waals surface area contributed by atoms with Crippen LogP contribution in [-0.2, 0) is 5.60 Å². The minimum absolute atomic E-state index is 0.0864. The van der Waals surface area contributed by atoms with Crippen molar-refractivity contribution in [1.29, 1.82) is 0 Å². The number of carbonyl (C=O) groups is 1. The van der Waals surface area contributed by atoms with E-state index in [9.17, 15) is 36.2 Å². The highest BCUT2D eigenvalue weighted by molar-refractivity contribution is 5.73. The number of hydrogen-bond acceptors (Lipinski definition) is 3. The SMILES string of the molecule is CC(C)c1ncc(C=O)n1-c1ccc(C(O)(C(F)(F)F)C(F)(F)F)cc1. The molecule has 142 valence electrons. The van der Waals surface area contributed by atoms with Gasteiger partial charge in [0.05, 0.1) is 6.20 Å². The number of alkyl halides is 6. The van der Waals surface area contributed by atoms with Gasteiger partial charge in [-0.05, 0) is 12.1 Å². The average molecular weight is 380 g/mol. The molecule has 0 aliphatic rings. The van der Waals surface area contributed by atoms with E-state index in [0.29, 0.717) is 24.2 Å². The van der Waals surface area contributed by atoms with Crippen LogP contribution < -0.4 is 0 Å². The van der Waals surface area contributed by atoms with Crippen molar-refractivity contribution in [2.75, 3.05) is 0 Å². The van der Waals surface area contributed by atoms with Crippen LogP contribution in [0.25, 0.3) is 5.69 Å². The van der Waals surface area contributed by atoms with E-state index in [-0.39, 0.29) is 17.3 Å². The third kappa shape index (κ3) is 3.09. The number of benzene rings is 1. The van der Waals surface area contributed by atoms with Gasteiger partial charge in [0.25, 0.3) is 5.60 Å². The second-order valence-electron chi connectivity index (χ2n) is 5.90. The van der Waals surface area contributed by atoms with Gasteiger partial charge >= 0.3 is 12.4 Å². The predicted octanol–water partition coefficient (Wildman–Crippen LogP) is 4.12. The summed E-state index contributed by atoms with van der Waals surface area (Å²) in [4.78, 5) is 15.2. The fourth-order valence-corrected chi connectivity index (χ4v) is 2.49. The highest BCUT2D eigenvalue weighted by atomic mass is 19.4. The number of halogens is 6. The lowest BCUT2D eigenvalue weighted by Gasteiger charge is -2.32. The fourth-order valence-electron chi connectivity index (χ4n) is 2.49. The van der Waals surface area contributed by atoms with Crippen LogP contribution in [0.4, 0.5) is 26.3 Å². The van der Waals surface area contributed by atoms with E-state index in [1.807, 2.05) is 0 Å². The van der Waals surface area contributed by atoms with Crippen LogP contribution in [0.2, 0.25) is 0 Å². The summed E-state index contributed by atoms with van der Waals surface area (Å²) in [7, 11) is 0. The molecule has 0 radical (unpaired) electrons. The lowest BCUT2D eigenvalue weighted by Crippen LogP contribution is -2.53. The second-order valence-corrected chi connectivity index (χ2v) is 5.90. The number of imidazole rings is 1. The number of nitrogens with zero attached hydrogens (tertiary/aromatic N) is 2. The molecule has 0 saturated heterocycles. The summed E-state index contributed by atoms with van der Waals surface area (Å²) in [6.07, 6.45) is -10.2. The maximum atomic E-state index is 12.9. The van der Waals surface area contributed by atoms with Crippen molar-refractivity contribution in [3.05, 3.63) is 47.5 Å². The Labute approximate surface area is 144 Å². The molecule has 0 fully saturated rings. The van der Waals surface area contributed by atoms with E-state index >= 15 is 0 Å². The number of aldehydes is 1. The molecule has 1 N–H and O–H groups in total. The van der Waals surface area contributed by atoms with Crippen LogP contribution in [0.1, 0.15) is 41.6 Å². The van der Waals surface area contributed by atoms with Gasteiger partial charge in [0, 0.05) is 17.2 Å². The Balaban J connectivity index is 2.59. The van der Waals surface area contributed by atoms with E-state index < -0.39 is 23.5 Å². The first kappa shape index (κ1) is 20.0. The van der Waals surface area contributed by atoms with Crippen LogP contribution in [0.3, 0.4) is 0 Å². The topological polar surface area (TPSA) is 55.1 Å². The molecule has 10 heteroatoms. The summed E-state index contributed by atoms with van der Waals surface area (Å²) in [6, 6.07) is 2.96. The monoisotopic (exact) mass is 380 g/mol. The molecule has 2 aromatic rings. The molecule has 0 aliphatic heterocycles. The van der Waals surface area contributed by atoms with Gasteiger partial charge in [0.2, 0.25) is 0 Å². The average Bonchev–Trinajstić information content (AvgIpc) is 2.96. The van der Waals surface area contributed by atoms with E-state index in [1.54, 1.807) is 13.8 Å². The van der Waals surface area contributed by atoms with Crippen molar-refractivity contribution in [3.8, 4) is 5.69 Å². The highest BCUT2D eigenvalue weighted by Crippen LogP contribution is 2.50. The molecule has 0 unspecified atom stereocenters. The van der Waals surface area contributed by atoms with Crippen LogP contribution in [-0.4, -0.2) is 33.3 Å². The molecule has 1 aromatic carbocycles. The van der Waals surface area contributed by atoms with Gasteiger partial charge in [0.1, 0.15) is 11.5 Å². The first-order valence-electron chi connectivity index (χ1n) is 7.34. The maximum absolute atomic E-state index is 12.9. The summed E-state index contributed by atoms with van der Waals surface area (Å²) in [5, 5.41) is 9.40. The molecule has 0 aliphatic carbocycles. The lowest BCUT2D eigenvalue weighted by molar-refractivity contribution is -0.376. The minimum Gasteiger partial charge on any atom is -0.369 e. The Bertz CT molecular complexity index is 777. The zero-order valence-corrected chi connectivity index (χ0v) is 13.6. The minimum atomic E-state index is -5.96. The summed E-state index contributed by atoms with van der Waals surface area (Å²) in [6.45, 7) is 3.52. The molecule has 1 aromatic heterocycles. The molecular weight excluding hydrogens is 366 g/mol. The summed E-state index contributed by atoms with van der Waals surface area (Å²) in [5.41, 5.74) is -6.14. The first-order valence-corrected chi connectivity index (χ1v) is 7.34. The van der Waals surface area contributed by atoms with Gasteiger partial charge in [-0.1, -0.05) is 26.0 Å². The molecular formula is C16H14F6N2O2. The number of carbonyl (C=O) groups excluding carboxylic acids is 1. The third-order valence-corrected chi connectivity index (χ3v) is 3.82. The molecule has 26 heavy (non-hydrogen) atoms. The predicted molar refractivity (Wildman–Crippen MR) is 79.0 cm³/mol. The number of hydrogen-bond donors (Lipinski definition) is 1. The molecule has 0 atom stereocenters. The molecule has 0 amide bonds. The molecule has 0 bridgehead atoms. The molecule has 1 heterocycles. The molecule has 0 saturated carbocycles. The van der Waals surface area contributed by atoms with Gasteiger partial charge in [-0.2, -0.15) is 26.3 Å². The van der Waals surface area contributed by atoms with E-state index in [4.69, 9.17) is 0 Å². The van der Waals surface area contributed by atoms with Crippen LogP contribution in [0, 0.1) is 0 Å². The summed E-state index contributed by atoms with van der Waals surface area (Å²) < 4.78 is 78.8. The molecule has 4 nitrogen and oxygen atoms in total. The van der Waals surface area contributed by atoms with E-state index in [0.717, 1.165) is 12.1 Å². The Morgan fingerprint density at radius 1 is 1.04 bits per heavy atom. The lowest BCUT2D eigenvalue weighted by atomic mass is 9.92. The van der Waals surface area contributed by atoms with Crippen LogP contribution >= 0.6 is 0 Å². The number of rotatable bonds is 4. The van der Waals surface area contributed by atoms with Crippen LogP contribution in [0.5, 0.6) is 0 Å². The standard InChI is InChI=1S/C16H14F6N2O2/c1-9(2)13-23-7-12(8-25)24(13)11-5-3-10(4-6-11)14(26,15(17,18)19)16(20,21)22/h3-9,26H,1-2H3. The smallest absolute Gasteiger partial charge is 0.369 e. The maximum Gasteiger partial charge on any atom is 0.430 e. The van der Waals surface area contributed by atoms with Crippen molar-refractivity contribution >= 4 is 6.29 Å². The Morgan fingerprint density at radius 3 is 1.92 bits per heavy atom. The first-order chi connectivity index (χ1) is 11.8. The van der Waals surface area contributed by atoms with Gasteiger partial charge in [-0.3, -0.25) is 9.36 Å². The van der Waals surface area contributed by atoms with E-state index in [2.05, 4.69) is 4.98 Å². The van der Waals surface area contributed by atoms with Crippen molar-refractivity contribution < 1.29 is 36.2 Å². The largest absolute Gasteiger partial charge is 0.430 e. The molecule has 2 rings (SSSR count). The Morgan fingerprint density at radius 2 is 1.54 bits per heavy atom. The van der Waals surface area contributed by atoms with Gasteiger partial charge in [-0.15, -0.1) is 0 Å². The zero-order chi connectivity index (χ0) is 19.9. The van der Waals surface area contributed by atoms with Gasteiger partial charge in [0.15, 0.2) is 6.29 Å². The Kier molecular flexibility index (Phi) is 4.93.